The first-order valence-electron chi connectivity index (χ1n) is 6.21. The van der Waals surface area contributed by atoms with Crippen molar-refractivity contribution >= 4 is 0 Å². The van der Waals surface area contributed by atoms with Crippen LogP contribution in [0.15, 0.2) is 0 Å². The number of piperidine rings is 1. The molecule has 0 aliphatic carbocycles. The van der Waals surface area contributed by atoms with E-state index in [4.69, 9.17) is 9.47 Å². The van der Waals surface area contributed by atoms with Crippen LogP contribution in [0.5, 0.6) is 0 Å². The van der Waals surface area contributed by atoms with Gasteiger partial charge in [-0.3, -0.25) is 0 Å². The summed E-state index contributed by atoms with van der Waals surface area (Å²) in [5, 5.41) is 3.41. The van der Waals surface area contributed by atoms with E-state index in [-0.39, 0.29) is 5.60 Å². The first-order chi connectivity index (χ1) is 7.29. The van der Waals surface area contributed by atoms with Crippen molar-refractivity contribution in [3.8, 4) is 0 Å². The van der Waals surface area contributed by atoms with Crippen LogP contribution in [0.3, 0.4) is 0 Å². The summed E-state index contributed by atoms with van der Waals surface area (Å²) in [6, 6.07) is 0. The second kappa shape index (κ2) is 5.28. The fraction of sp³-hybridized carbons (Fsp3) is 1.00. The van der Waals surface area contributed by atoms with Crippen LogP contribution >= 0.6 is 0 Å². The largest absolute Gasteiger partial charge is 0.381 e. The summed E-state index contributed by atoms with van der Waals surface area (Å²) in [5.74, 6) is 0.720. The molecule has 2 heterocycles. The Labute approximate surface area is 92.5 Å². The van der Waals surface area contributed by atoms with Crippen LogP contribution in [0.1, 0.15) is 32.6 Å². The lowest BCUT2D eigenvalue weighted by atomic mass is 9.95. The molecule has 88 valence electrons. The molecule has 0 saturated carbocycles. The van der Waals surface area contributed by atoms with Crippen molar-refractivity contribution in [2.24, 2.45) is 5.92 Å². The van der Waals surface area contributed by atoms with Crippen molar-refractivity contribution in [2.75, 3.05) is 32.9 Å². The minimum Gasteiger partial charge on any atom is -0.381 e. The van der Waals surface area contributed by atoms with Gasteiger partial charge in [0.25, 0.3) is 0 Å². The van der Waals surface area contributed by atoms with Crippen molar-refractivity contribution in [3.63, 3.8) is 0 Å². The highest BCUT2D eigenvalue weighted by Gasteiger charge is 2.28. The smallest absolute Gasteiger partial charge is 0.0778 e. The highest BCUT2D eigenvalue weighted by Crippen LogP contribution is 2.23. The molecule has 0 bridgehead atoms. The monoisotopic (exact) mass is 213 g/mol. The maximum Gasteiger partial charge on any atom is 0.0778 e. The number of hydrogen-bond donors (Lipinski definition) is 1. The lowest BCUT2D eigenvalue weighted by molar-refractivity contribution is -0.0756. The molecule has 0 amide bonds. The van der Waals surface area contributed by atoms with E-state index in [0.29, 0.717) is 0 Å². The molecule has 0 aromatic carbocycles. The van der Waals surface area contributed by atoms with Crippen LogP contribution in [0.4, 0.5) is 0 Å². The Morgan fingerprint density at radius 1 is 1.40 bits per heavy atom. The average molecular weight is 213 g/mol. The molecule has 2 fully saturated rings. The van der Waals surface area contributed by atoms with Gasteiger partial charge in [-0.2, -0.15) is 0 Å². The second-order valence-electron chi connectivity index (χ2n) is 5.10. The zero-order valence-electron chi connectivity index (χ0n) is 9.76. The van der Waals surface area contributed by atoms with Crippen molar-refractivity contribution in [2.45, 2.75) is 38.2 Å². The van der Waals surface area contributed by atoms with Gasteiger partial charge in [0.1, 0.15) is 0 Å². The number of nitrogens with one attached hydrogen (secondary N) is 1. The van der Waals surface area contributed by atoms with Gasteiger partial charge in [0.2, 0.25) is 0 Å². The van der Waals surface area contributed by atoms with E-state index in [0.717, 1.165) is 38.8 Å². The number of ether oxygens (including phenoxy) is 2. The molecular weight excluding hydrogens is 190 g/mol. The van der Waals surface area contributed by atoms with Crippen LogP contribution < -0.4 is 5.32 Å². The Balaban J connectivity index is 1.70. The lowest BCUT2D eigenvalue weighted by Gasteiger charge is -2.36. The minimum absolute atomic E-state index is 0.0799. The molecule has 15 heavy (non-hydrogen) atoms. The molecule has 0 aromatic rings. The van der Waals surface area contributed by atoms with Crippen molar-refractivity contribution in [1.29, 1.82) is 0 Å². The van der Waals surface area contributed by atoms with E-state index >= 15 is 0 Å². The van der Waals surface area contributed by atoms with Crippen molar-refractivity contribution < 1.29 is 9.47 Å². The molecule has 0 radical (unpaired) electrons. The molecule has 2 saturated heterocycles. The third-order valence-corrected chi connectivity index (χ3v) is 3.57. The van der Waals surface area contributed by atoms with E-state index in [9.17, 15) is 0 Å². The molecule has 2 aliphatic heterocycles. The van der Waals surface area contributed by atoms with Crippen LogP contribution in [-0.2, 0) is 9.47 Å². The summed E-state index contributed by atoms with van der Waals surface area (Å²) in [4.78, 5) is 0. The highest BCUT2D eigenvalue weighted by atomic mass is 16.5. The van der Waals surface area contributed by atoms with Gasteiger partial charge in [-0.25, -0.2) is 0 Å². The number of rotatable bonds is 3. The summed E-state index contributed by atoms with van der Waals surface area (Å²) in [6.07, 6.45) is 4.78. The quantitative estimate of drug-likeness (QED) is 0.772. The molecule has 0 aromatic heterocycles. The SMILES string of the molecule is CC1(OCC2CCOCC2)CCCNC1. The summed E-state index contributed by atoms with van der Waals surface area (Å²) in [5.41, 5.74) is 0.0799. The summed E-state index contributed by atoms with van der Waals surface area (Å²) >= 11 is 0. The summed E-state index contributed by atoms with van der Waals surface area (Å²) < 4.78 is 11.4. The summed E-state index contributed by atoms with van der Waals surface area (Å²) in [7, 11) is 0. The van der Waals surface area contributed by atoms with E-state index in [1.165, 1.54) is 25.7 Å². The van der Waals surface area contributed by atoms with E-state index in [2.05, 4.69) is 12.2 Å². The highest BCUT2D eigenvalue weighted by molar-refractivity contribution is 4.83. The van der Waals surface area contributed by atoms with Gasteiger partial charge < -0.3 is 14.8 Å². The fourth-order valence-corrected chi connectivity index (χ4v) is 2.38. The zero-order valence-corrected chi connectivity index (χ0v) is 9.76. The maximum absolute atomic E-state index is 6.09. The zero-order chi connectivity index (χ0) is 10.6. The van der Waals surface area contributed by atoms with E-state index in [1.807, 2.05) is 0 Å². The molecule has 0 spiro atoms. The third kappa shape index (κ3) is 3.44. The predicted octanol–water partition coefficient (Wildman–Crippen LogP) is 1.57. The van der Waals surface area contributed by atoms with E-state index < -0.39 is 0 Å². The minimum atomic E-state index is 0.0799. The van der Waals surface area contributed by atoms with Crippen LogP contribution in [0.25, 0.3) is 0 Å². The molecule has 3 heteroatoms. The predicted molar refractivity (Wildman–Crippen MR) is 60.0 cm³/mol. The van der Waals surface area contributed by atoms with Crippen LogP contribution in [0, 0.1) is 5.92 Å². The van der Waals surface area contributed by atoms with Crippen LogP contribution in [-0.4, -0.2) is 38.5 Å². The Morgan fingerprint density at radius 3 is 2.87 bits per heavy atom. The Bertz CT molecular complexity index is 184. The van der Waals surface area contributed by atoms with Gasteiger partial charge >= 0.3 is 0 Å². The van der Waals surface area contributed by atoms with E-state index in [1.54, 1.807) is 0 Å². The lowest BCUT2D eigenvalue weighted by Crippen LogP contribution is -2.46. The summed E-state index contributed by atoms with van der Waals surface area (Å²) in [6.45, 7) is 7.15. The van der Waals surface area contributed by atoms with Gasteiger partial charge in [-0.15, -0.1) is 0 Å². The number of hydrogen-bond acceptors (Lipinski definition) is 3. The Kier molecular flexibility index (Phi) is 4.00. The van der Waals surface area contributed by atoms with Gasteiger partial charge in [0.05, 0.1) is 12.2 Å². The normalized spacial score (nSPS) is 34.2. The van der Waals surface area contributed by atoms with Gasteiger partial charge in [-0.05, 0) is 45.1 Å². The first kappa shape index (κ1) is 11.4. The maximum atomic E-state index is 6.09. The van der Waals surface area contributed by atoms with Crippen LogP contribution in [0.2, 0.25) is 0 Å². The standard InChI is InChI=1S/C12H23NO2/c1-12(5-2-6-13-10-12)15-9-11-3-7-14-8-4-11/h11,13H,2-10H2,1H3. The molecule has 1 N–H and O–H groups in total. The van der Waals surface area contributed by atoms with Gasteiger partial charge in [-0.1, -0.05) is 0 Å². The van der Waals surface area contributed by atoms with Gasteiger partial charge in [0.15, 0.2) is 0 Å². The first-order valence-corrected chi connectivity index (χ1v) is 6.21. The Hall–Kier alpha value is -0.120. The molecule has 2 aliphatic rings. The molecule has 3 nitrogen and oxygen atoms in total. The average Bonchev–Trinajstić information content (AvgIpc) is 2.29. The molecule has 1 unspecified atom stereocenters. The molecule has 2 rings (SSSR count). The topological polar surface area (TPSA) is 30.5 Å². The van der Waals surface area contributed by atoms with Crippen molar-refractivity contribution in [3.05, 3.63) is 0 Å². The Morgan fingerprint density at radius 2 is 2.20 bits per heavy atom. The molecule has 1 atom stereocenters. The molecular formula is C12H23NO2. The van der Waals surface area contributed by atoms with Gasteiger partial charge in [0, 0.05) is 19.8 Å². The third-order valence-electron chi connectivity index (χ3n) is 3.57. The fourth-order valence-electron chi connectivity index (χ4n) is 2.38. The van der Waals surface area contributed by atoms with Crippen molar-refractivity contribution in [1.82, 2.24) is 5.32 Å². The second-order valence-corrected chi connectivity index (χ2v) is 5.10.